The zero-order valence-electron chi connectivity index (χ0n) is 16.5. The topological polar surface area (TPSA) is 61.9 Å². The van der Waals surface area contributed by atoms with E-state index in [0.717, 1.165) is 11.4 Å². The number of methoxy groups -OCH3 is 1. The molecule has 1 aromatic carbocycles. The lowest BCUT2D eigenvalue weighted by molar-refractivity contribution is -0.117. The van der Waals surface area contributed by atoms with Gasteiger partial charge in [0.1, 0.15) is 5.75 Å². The summed E-state index contributed by atoms with van der Waals surface area (Å²) in [6, 6.07) is 7.15. The van der Waals surface area contributed by atoms with Crippen molar-refractivity contribution in [2.24, 2.45) is 11.8 Å². The Morgan fingerprint density at radius 1 is 1.19 bits per heavy atom. The van der Waals surface area contributed by atoms with Crippen LogP contribution < -0.4 is 15.0 Å². The van der Waals surface area contributed by atoms with Crippen LogP contribution in [0.25, 0.3) is 0 Å². The molecule has 1 aromatic rings. The van der Waals surface area contributed by atoms with Crippen molar-refractivity contribution in [3.63, 3.8) is 0 Å². The first-order chi connectivity index (χ1) is 12.3. The highest BCUT2D eigenvalue weighted by Gasteiger charge is 2.32. The van der Waals surface area contributed by atoms with Gasteiger partial charge in [0.2, 0.25) is 5.91 Å². The highest BCUT2D eigenvalue weighted by molar-refractivity contribution is 5.96. The quantitative estimate of drug-likeness (QED) is 0.812. The van der Waals surface area contributed by atoms with Gasteiger partial charge in [0.25, 0.3) is 0 Å². The van der Waals surface area contributed by atoms with Gasteiger partial charge in [-0.3, -0.25) is 4.79 Å². The van der Waals surface area contributed by atoms with E-state index >= 15 is 0 Å². The number of benzene rings is 1. The van der Waals surface area contributed by atoms with Crippen molar-refractivity contribution in [3.05, 3.63) is 24.3 Å². The van der Waals surface area contributed by atoms with Crippen molar-refractivity contribution >= 4 is 17.6 Å². The first kappa shape index (κ1) is 20.1. The van der Waals surface area contributed by atoms with Gasteiger partial charge in [-0.15, -0.1) is 0 Å². The summed E-state index contributed by atoms with van der Waals surface area (Å²) < 4.78 is 5.16. The summed E-state index contributed by atoms with van der Waals surface area (Å²) in [5.41, 5.74) is 0.828. The van der Waals surface area contributed by atoms with E-state index in [-0.39, 0.29) is 18.0 Å². The van der Waals surface area contributed by atoms with Gasteiger partial charge in [0.05, 0.1) is 13.2 Å². The maximum Gasteiger partial charge on any atom is 0.317 e. The average molecular weight is 361 g/mol. The van der Waals surface area contributed by atoms with Gasteiger partial charge in [-0.25, -0.2) is 4.79 Å². The number of nitrogens with zero attached hydrogens (tertiary/aromatic N) is 2. The van der Waals surface area contributed by atoms with Crippen LogP contribution in [0.3, 0.4) is 0 Å². The molecule has 0 bridgehead atoms. The maximum absolute atomic E-state index is 12.7. The normalized spacial score (nSPS) is 17.1. The predicted molar refractivity (Wildman–Crippen MR) is 104 cm³/mol. The van der Waals surface area contributed by atoms with Crippen molar-refractivity contribution < 1.29 is 14.3 Å². The second-order valence-electron chi connectivity index (χ2n) is 7.75. The molecular formula is C20H31N3O3. The Kier molecular flexibility index (Phi) is 6.89. The van der Waals surface area contributed by atoms with Crippen LogP contribution in [0.4, 0.5) is 10.5 Å². The molecule has 1 fully saturated rings. The van der Waals surface area contributed by atoms with Gasteiger partial charge >= 0.3 is 6.03 Å². The average Bonchev–Trinajstić information content (AvgIpc) is 2.93. The molecule has 0 radical (unpaired) electrons. The van der Waals surface area contributed by atoms with Gasteiger partial charge in [-0.1, -0.05) is 27.7 Å². The molecule has 6 nitrogen and oxygen atoms in total. The van der Waals surface area contributed by atoms with E-state index in [1.165, 1.54) is 0 Å². The number of anilines is 1. The van der Waals surface area contributed by atoms with Gasteiger partial charge in [-0.2, -0.15) is 0 Å². The van der Waals surface area contributed by atoms with Crippen LogP contribution >= 0.6 is 0 Å². The molecule has 144 valence electrons. The smallest absolute Gasteiger partial charge is 0.317 e. The Morgan fingerprint density at radius 2 is 1.77 bits per heavy atom. The molecule has 0 aliphatic carbocycles. The fourth-order valence-corrected chi connectivity index (χ4v) is 3.20. The number of ether oxygens (including phenoxy) is 1. The van der Waals surface area contributed by atoms with Gasteiger partial charge in [0.15, 0.2) is 0 Å². The minimum atomic E-state index is -0.168. The number of urea groups is 1. The van der Waals surface area contributed by atoms with Crippen LogP contribution in [-0.2, 0) is 4.79 Å². The van der Waals surface area contributed by atoms with Crippen molar-refractivity contribution in [1.82, 2.24) is 10.2 Å². The second-order valence-corrected chi connectivity index (χ2v) is 7.75. The molecule has 1 N–H and O–H groups in total. The van der Waals surface area contributed by atoms with Gasteiger partial charge in [-0.05, 0) is 36.1 Å². The Morgan fingerprint density at radius 3 is 2.27 bits per heavy atom. The Balaban J connectivity index is 1.99. The molecule has 3 amide bonds. The number of carbonyl (C=O) groups excluding carboxylic acids is 2. The van der Waals surface area contributed by atoms with Crippen molar-refractivity contribution in [1.29, 1.82) is 0 Å². The van der Waals surface area contributed by atoms with Crippen LogP contribution in [0.5, 0.6) is 5.75 Å². The standard InChI is InChI=1S/C20H31N3O3/c1-14(2)11-22(12-15(3)4)20(25)21-16-10-19(24)23(13-16)17-6-8-18(26-5)9-7-17/h6-9,14-16H,10-13H2,1-5H3,(H,21,25)/t16-/m0/s1. The summed E-state index contributed by atoms with van der Waals surface area (Å²) >= 11 is 0. The lowest BCUT2D eigenvalue weighted by Gasteiger charge is -2.28. The van der Waals surface area contributed by atoms with E-state index < -0.39 is 0 Å². The minimum absolute atomic E-state index is 0.0275. The van der Waals surface area contributed by atoms with Gasteiger partial charge in [0, 0.05) is 31.7 Å². The third-order valence-corrected chi connectivity index (χ3v) is 4.30. The summed E-state index contributed by atoms with van der Waals surface area (Å²) in [5.74, 6) is 1.59. The summed E-state index contributed by atoms with van der Waals surface area (Å²) in [7, 11) is 1.61. The lowest BCUT2D eigenvalue weighted by Crippen LogP contribution is -2.48. The Bertz CT molecular complexity index is 603. The number of hydrogen-bond acceptors (Lipinski definition) is 3. The second kappa shape index (κ2) is 8.92. The molecule has 0 unspecified atom stereocenters. The fourth-order valence-electron chi connectivity index (χ4n) is 3.20. The Hall–Kier alpha value is -2.24. The number of rotatable bonds is 7. The Labute approximate surface area is 156 Å². The first-order valence-corrected chi connectivity index (χ1v) is 9.30. The van der Waals surface area contributed by atoms with E-state index in [2.05, 4.69) is 33.0 Å². The highest BCUT2D eigenvalue weighted by Crippen LogP contribution is 2.24. The van der Waals surface area contributed by atoms with Crippen molar-refractivity contribution in [2.45, 2.75) is 40.2 Å². The van der Waals surface area contributed by atoms with E-state index in [0.29, 0.717) is 37.9 Å². The molecule has 0 spiro atoms. The summed E-state index contributed by atoms with van der Waals surface area (Å²) in [5, 5.41) is 3.04. The maximum atomic E-state index is 12.7. The summed E-state index contributed by atoms with van der Waals surface area (Å²) in [6.07, 6.45) is 0.328. The van der Waals surface area contributed by atoms with E-state index in [1.54, 1.807) is 12.0 Å². The largest absolute Gasteiger partial charge is 0.497 e. The van der Waals surface area contributed by atoms with Crippen LogP contribution in [-0.4, -0.2) is 49.6 Å². The predicted octanol–water partition coefficient (Wildman–Crippen LogP) is 3.12. The molecular weight excluding hydrogens is 330 g/mol. The van der Waals surface area contributed by atoms with Crippen LogP contribution in [0, 0.1) is 11.8 Å². The van der Waals surface area contributed by atoms with Crippen molar-refractivity contribution in [3.8, 4) is 5.75 Å². The SMILES string of the molecule is COc1ccc(N2C[C@@H](NC(=O)N(CC(C)C)CC(C)C)CC2=O)cc1. The van der Waals surface area contributed by atoms with E-state index in [9.17, 15) is 9.59 Å². The van der Waals surface area contributed by atoms with Crippen LogP contribution in [0.2, 0.25) is 0 Å². The van der Waals surface area contributed by atoms with E-state index in [4.69, 9.17) is 4.74 Å². The van der Waals surface area contributed by atoms with Crippen LogP contribution in [0.1, 0.15) is 34.1 Å². The molecule has 6 heteroatoms. The minimum Gasteiger partial charge on any atom is -0.497 e. The number of carbonyl (C=O) groups is 2. The third kappa shape index (κ3) is 5.38. The molecule has 0 aromatic heterocycles. The van der Waals surface area contributed by atoms with Crippen LogP contribution in [0.15, 0.2) is 24.3 Å². The molecule has 1 heterocycles. The van der Waals surface area contributed by atoms with Gasteiger partial charge < -0.3 is 19.9 Å². The molecule has 2 rings (SSSR count). The van der Waals surface area contributed by atoms with E-state index in [1.807, 2.05) is 29.2 Å². The number of amides is 3. The number of hydrogen-bond donors (Lipinski definition) is 1. The lowest BCUT2D eigenvalue weighted by atomic mass is 10.1. The van der Waals surface area contributed by atoms with Crippen molar-refractivity contribution in [2.75, 3.05) is 31.6 Å². The molecule has 1 atom stereocenters. The third-order valence-electron chi connectivity index (χ3n) is 4.30. The molecule has 1 aliphatic rings. The monoisotopic (exact) mass is 361 g/mol. The first-order valence-electron chi connectivity index (χ1n) is 9.30. The molecule has 26 heavy (non-hydrogen) atoms. The molecule has 1 saturated heterocycles. The summed E-state index contributed by atoms with van der Waals surface area (Å²) in [4.78, 5) is 28.6. The zero-order chi connectivity index (χ0) is 19.3. The molecule has 0 saturated carbocycles. The zero-order valence-corrected chi connectivity index (χ0v) is 16.5. The summed E-state index contributed by atoms with van der Waals surface area (Å²) in [6.45, 7) is 10.3. The number of nitrogens with one attached hydrogen (secondary N) is 1. The fraction of sp³-hybridized carbons (Fsp3) is 0.600. The highest BCUT2D eigenvalue weighted by atomic mass is 16.5. The molecule has 1 aliphatic heterocycles.